The van der Waals surface area contributed by atoms with Gasteiger partial charge in [0.1, 0.15) is 17.5 Å². The molecule has 0 spiro atoms. The van der Waals surface area contributed by atoms with E-state index in [-0.39, 0.29) is 24.4 Å². The summed E-state index contributed by atoms with van der Waals surface area (Å²) in [7, 11) is 2.25. The molecule has 2 unspecified atom stereocenters. The summed E-state index contributed by atoms with van der Waals surface area (Å²) in [6, 6.07) is 4.97. The van der Waals surface area contributed by atoms with E-state index in [0.29, 0.717) is 68.6 Å². The van der Waals surface area contributed by atoms with Crippen molar-refractivity contribution >= 4 is 65.3 Å². The summed E-state index contributed by atoms with van der Waals surface area (Å²) in [6.07, 6.45) is 4.82. The Kier molecular flexibility index (Phi) is 8.96. The summed E-state index contributed by atoms with van der Waals surface area (Å²) >= 11 is 13.6. The van der Waals surface area contributed by atoms with Crippen LogP contribution in [0, 0.1) is 0 Å². The molecule has 2 bridgehead atoms. The van der Waals surface area contributed by atoms with Crippen LogP contribution in [0.2, 0.25) is 35.9 Å². The van der Waals surface area contributed by atoms with Gasteiger partial charge in [0.2, 0.25) is 5.95 Å². The summed E-state index contributed by atoms with van der Waals surface area (Å²) in [6.45, 7) is 15.5. The van der Waals surface area contributed by atoms with Gasteiger partial charge in [-0.05, 0) is 65.5 Å². The second kappa shape index (κ2) is 12.4. The molecule has 2 aliphatic rings. The molecule has 14 heteroatoms. The van der Waals surface area contributed by atoms with E-state index in [1.54, 1.807) is 23.3 Å². The molecule has 0 aliphatic carbocycles. The summed E-state index contributed by atoms with van der Waals surface area (Å²) in [5, 5.41) is 9.59. The zero-order valence-corrected chi connectivity index (χ0v) is 31.9. The van der Waals surface area contributed by atoms with Crippen LogP contribution in [0.25, 0.3) is 33.1 Å². The molecule has 2 fully saturated rings. The third-order valence-electron chi connectivity index (χ3n) is 9.49. The molecule has 5 heterocycles. The maximum Gasteiger partial charge on any atom is 0.408 e. The molecule has 2 saturated heterocycles. The lowest BCUT2D eigenvalue weighted by molar-refractivity contribution is 0.0437. The van der Waals surface area contributed by atoms with Crippen molar-refractivity contribution in [3.63, 3.8) is 0 Å². The third kappa shape index (κ3) is 6.60. The zero-order chi connectivity index (χ0) is 34.9. The van der Waals surface area contributed by atoms with Crippen LogP contribution in [0.15, 0.2) is 23.1 Å². The Bertz CT molecular complexity index is 1940. The number of anilines is 1. The SMILES string of the molecule is Cn1nc2ccc(-c3cn(COCC[Si](C)(C)C)c4nc(N5C6CCC5CC(C)(NC(=O)OC(C)(C)C)C6)n(C)c(=O)c34)c(Cl)c2c1Cl. The van der Waals surface area contributed by atoms with Gasteiger partial charge in [-0.3, -0.25) is 14.0 Å². The quantitative estimate of drug-likeness (QED) is 0.150. The number of alkyl carbamates (subject to hydrolysis) is 1. The van der Waals surface area contributed by atoms with Crippen LogP contribution >= 0.6 is 23.2 Å². The van der Waals surface area contributed by atoms with E-state index in [9.17, 15) is 9.59 Å². The summed E-state index contributed by atoms with van der Waals surface area (Å²) in [4.78, 5) is 34.7. The van der Waals surface area contributed by atoms with Crippen molar-refractivity contribution in [1.29, 1.82) is 0 Å². The van der Waals surface area contributed by atoms with Crippen molar-refractivity contribution in [3.8, 4) is 11.1 Å². The van der Waals surface area contributed by atoms with Crippen molar-refractivity contribution in [3.05, 3.63) is 38.9 Å². The van der Waals surface area contributed by atoms with Crippen LogP contribution in [0.5, 0.6) is 0 Å². The van der Waals surface area contributed by atoms with Crippen LogP contribution in [-0.2, 0) is 30.3 Å². The first-order valence-corrected chi connectivity index (χ1v) is 21.1. The van der Waals surface area contributed by atoms with E-state index in [1.165, 1.54) is 0 Å². The fraction of sp³-hybridized carbons (Fsp3) is 0.588. The highest BCUT2D eigenvalue weighted by atomic mass is 35.5. The number of aromatic nitrogens is 5. The molecule has 6 rings (SSSR count). The number of piperidine rings is 1. The van der Waals surface area contributed by atoms with E-state index in [2.05, 4.69) is 41.9 Å². The topological polar surface area (TPSA) is 108 Å². The van der Waals surface area contributed by atoms with Crippen LogP contribution < -0.4 is 15.8 Å². The Balaban J connectivity index is 1.41. The molecule has 11 nitrogen and oxygen atoms in total. The molecule has 1 aromatic carbocycles. The standard InChI is InChI=1S/C34H47Cl2N7O4Si/c1-33(2,3)47-32(45)38-34(4)16-20-10-11-21(17-34)43(20)31-37-29-25(30(44)40(31)5)23(18-42(29)19-46-14-15-48(7,8)9)22-12-13-24-26(27(22)35)28(36)41(6)39-24/h12-13,18,20-21H,10-11,14-17,19H2,1-9H3,(H,38,45). The predicted octanol–water partition coefficient (Wildman–Crippen LogP) is 7.32. The number of ether oxygens (including phenoxy) is 2. The molecule has 1 N–H and O–H groups in total. The number of carbonyl (C=O) groups excluding carboxylic acids is 1. The Hall–Kier alpha value is -3.06. The smallest absolute Gasteiger partial charge is 0.408 e. The van der Waals surface area contributed by atoms with Gasteiger partial charge in [-0.15, -0.1) is 0 Å². The molecule has 260 valence electrons. The molecule has 4 aromatic rings. The van der Waals surface area contributed by atoms with Crippen LogP contribution in [0.3, 0.4) is 0 Å². The molecule has 1 amide bonds. The van der Waals surface area contributed by atoms with Crippen LogP contribution in [0.1, 0.15) is 53.4 Å². The predicted molar refractivity (Wildman–Crippen MR) is 195 cm³/mol. The fourth-order valence-electron chi connectivity index (χ4n) is 7.26. The minimum absolute atomic E-state index is 0.0969. The second-order valence-corrected chi connectivity index (χ2v) is 22.3. The number of halogens is 2. The van der Waals surface area contributed by atoms with Crippen molar-refractivity contribution in [1.82, 2.24) is 29.2 Å². The van der Waals surface area contributed by atoms with E-state index in [1.807, 2.05) is 43.7 Å². The van der Waals surface area contributed by atoms with Gasteiger partial charge >= 0.3 is 6.09 Å². The number of rotatable bonds is 8. The van der Waals surface area contributed by atoms with Gasteiger partial charge in [-0.2, -0.15) is 10.1 Å². The first-order chi connectivity index (χ1) is 22.4. The van der Waals surface area contributed by atoms with Crippen molar-refractivity contribution in [2.24, 2.45) is 14.1 Å². The Labute approximate surface area is 292 Å². The Morgan fingerprint density at radius 3 is 2.38 bits per heavy atom. The molecule has 48 heavy (non-hydrogen) atoms. The normalized spacial score (nSPS) is 21.4. The summed E-state index contributed by atoms with van der Waals surface area (Å²) in [5.74, 6) is 0.615. The molecule has 0 saturated carbocycles. The van der Waals surface area contributed by atoms with Crippen molar-refractivity contribution in [2.75, 3.05) is 11.5 Å². The fourth-order valence-corrected chi connectivity index (χ4v) is 8.65. The van der Waals surface area contributed by atoms with Crippen molar-refractivity contribution < 1.29 is 14.3 Å². The van der Waals surface area contributed by atoms with Gasteiger partial charge in [0, 0.05) is 63.7 Å². The zero-order valence-electron chi connectivity index (χ0n) is 29.4. The maximum atomic E-state index is 14.4. The highest BCUT2D eigenvalue weighted by Gasteiger charge is 2.48. The van der Waals surface area contributed by atoms with E-state index in [4.69, 9.17) is 37.7 Å². The summed E-state index contributed by atoms with van der Waals surface area (Å²) < 4.78 is 17.0. The highest BCUT2D eigenvalue weighted by molar-refractivity contribution is 6.76. The molecule has 3 aromatic heterocycles. The first-order valence-electron chi connectivity index (χ1n) is 16.6. The Morgan fingerprint density at radius 2 is 1.75 bits per heavy atom. The monoisotopic (exact) mass is 715 g/mol. The first kappa shape index (κ1) is 34.8. The minimum Gasteiger partial charge on any atom is -0.444 e. The number of nitrogens with zero attached hydrogens (tertiary/aromatic N) is 6. The van der Waals surface area contributed by atoms with Gasteiger partial charge in [-0.25, -0.2) is 4.79 Å². The number of aryl methyl sites for hydroxylation is 1. The minimum atomic E-state index is -1.31. The average molecular weight is 717 g/mol. The molecule has 2 aliphatic heterocycles. The number of fused-ring (bicyclic) bond motifs is 4. The van der Waals surface area contributed by atoms with Crippen LogP contribution in [0.4, 0.5) is 10.7 Å². The third-order valence-corrected chi connectivity index (χ3v) is 12.0. The maximum absolute atomic E-state index is 14.4. The average Bonchev–Trinajstić information content (AvgIpc) is 3.56. The lowest BCUT2D eigenvalue weighted by atomic mass is 9.84. The Morgan fingerprint density at radius 1 is 1.08 bits per heavy atom. The molecule has 2 atom stereocenters. The number of amides is 1. The van der Waals surface area contributed by atoms with E-state index >= 15 is 0 Å². The number of nitrogens with one attached hydrogen (secondary N) is 1. The second-order valence-electron chi connectivity index (χ2n) is 16.0. The largest absolute Gasteiger partial charge is 0.444 e. The lowest BCUT2D eigenvalue weighted by Crippen LogP contribution is -2.59. The molecular formula is C34H47Cl2N7O4Si. The van der Waals surface area contributed by atoms with E-state index < -0.39 is 25.3 Å². The number of hydrogen-bond acceptors (Lipinski definition) is 7. The summed E-state index contributed by atoms with van der Waals surface area (Å²) in [5.41, 5.74) is 1.39. The number of hydrogen-bond donors (Lipinski definition) is 1. The van der Waals surface area contributed by atoms with Crippen LogP contribution in [-0.4, -0.2) is 67.9 Å². The van der Waals surface area contributed by atoms with Gasteiger partial charge in [0.25, 0.3) is 5.56 Å². The number of carbonyl (C=O) groups is 1. The molecule has 0 radical (unpaired) electrons. The van der Waals surface area contributed by atoms with Gasteiger partial charge in [0.05, 0.1) is 21.3 Å². The molecular weight excluding hydrogens is 669 g/mol. The van der Waals surface area contributed by atoms with Gasteiger partial charge in [0.15, 0.2) is 5.65 Å². The van der Waals surface area contributed by atoms with E-state index in [0.717, 1.165) is 18.9 Å². The van der Waals surface area contributed by atoms with Gasteiger partial charge in [-0.1, -0.05) is 48.9 Å². The highest BCUT2D eigenvalue weighted by Crippen LogP contribution is 2.44. The van der Waals surface area contributed by atoms with Gasteiger partial charge < -0.3 is 24.3 Å². The number of benzene rings is 1. The van der Waals surface area contributed by atoms with Crippen molar-refractivity contribution in [2.45, 2.75) is 109 Å². The lowest BCUT2D eigenvalue weighted by Gasteiger charge is -2.45.